The van der Waals surface area contributed by atoms with E-state index >= 15 is 0 Å². The summed E-state index contributed by atoms with van der Waals surface area (Å²) in [5.74, 6) is -2.53. The molecule has 0 bridgehead atoms. The maximum atomic E-state index is 13.8. The van der Waals surface area contributed by atoms with Crippen LogP contribution in [0.2, 0.25) is 0 Å². The van der Waals surface area contributed by atoms with E-state index in [9.17, 15) is 18.4 Å². The Hall–Kier alpha value is -2.93. The second-order valence-electron chi connectivity index (χ2n) is 7.63. The number of hydrogen-bond acceptors (Lipinski definition) is 6. The number of alkyl halides is 2. The van der Waals surface area contributed by atoms with Gasteiger partial charge in [0.25, 0.3) is 11.8 Å². The van der Waals surface area contributed by atoms with E-state index in [1.807, 2.05) is 0 Å². The van der Waals surface area contributed by atoms with E-state index in [4.69, 9.17) is 5.26 Å². The van der Waals surface area contributed by atoms with Crippen molar-refractivity contribution in [3.63, 3.8) is 0 Å². The number of rotatable bonds is 4. The van der Waals surface area contributed by atoms with Crippen molar-refractivity contribution in [1.29, 1.82) is 5.26 Å². The zero-order valence-electron chi connectivity index (χ0n) is 16.7. The normalized spacial score (nSPS) is 20.5. The van der Waals surface area contributed by atoms with Crippen molar-refractivity contribution >= 4 is 40.2 Å². The van der Waals surface area contributed by atoms with Crippen molar-refractivity contribution in [1.82, 2.24) is 15.2 Å². The van der Waals surface area contributed by atoms with E-state index in [0.29, 0.717) is 46.7 Å². The summed E-state index contributed by atoms with van der Waals surface area (Å²) in [4.78, 5) is 32.5. The van der Waals surface area contributed by atoms with Gasteiger partial charge in [0.1, 0.15) is 6.04 Å². The lowest BCUT2D eigenvalue weighted by molar-refractivity contribution is -0.129. The number of aromatic nitrogens is 1. The Bertz CT molecular complexity index is 1060. The Morgan fingerprint density at radius 1 is 1.35 bits per heavy atom. The van der Waals surface area contributed by atoms with E-state index < -0.39 is 17.9 Å². The summed E-state index contributed by atoms with van der Waals surface area (Å²) in [5.41, 5.74) is 1.49. The van der Waals surface area contributed by atoms with E-state index in [1.54, 1.807) is 29.2 Å². The van der Waals surface area contributed by atoms with Gasteiger partial charge in [0.2, 0.25) is 5.91 Å². The van der Waals surface area contributed by atoms with E-state index in [2.05, 4.69) is 16.4 Å². The Morgan fingerprint density at radius 2 is 2.19 bits per heavy atom. The SMILES string of the molecule is N#CC1CSCN1C(=O)CNC(=O)c1ccnc2ccc(N3CCCC(F)(F)C3)cc12. The molecule has 2 aromatic rings. The third kappa shape index (κ3) is 4.56. The average Bonchev–Trinajstić information content (AvgIpc) is 3.25. The maximum absolute atomic E-state index is 13.8. The van der Waals surface area contributed by atoms with Gasteiger partial charge >= 0.3 is 0 Å². The number of carbonyl (C=O) groups excluding carboxylic acids is 2. The van der Waals surface area contributed by atoms with Crippen LogP contribution < -0.4 is 10.2 Å². The first kappa shape index (κ1) is 21.3. The first-order valence-electron chi connectivity index (χ1n) is 9.94. The molecule has 3 heterocycles. The molecule has 31 heavy (non-hydrogen) atoms. The molecule has 0 spiro atoms. The lowest BCUT2D eigenvalue weighted by atomic mass is 10.0. The van der Waals surface area contributed by atoms with Gasteiger partial charge in [0, 0.05) is 36.0 Å². The van der Waals surface area contributed by atoms with Crippen molar-refractivity contribution < 1.29 is 18.4 Å². The lowest BCUT2D eigenvalue weighted by Gasteiger charge is -2.34. The summed E-state index contributed by atoms with van der Waals surface area (Å²) < 4.78 is 27.7. The van der Waals surface area contributed by atoms with Gasteiger partial charge in [0.05, 0.1) is 36.1 Å². The topological polar surface area (TPSA) is 89.3 Å². The molecule has 2 aliphatic heterocycles. The van der Waals surface area contributed by atoms with E-state index in [1.165, 1.54) is 22.9 Å². The minimum atomic E-state index is -2.74. The molecule has 1 atom stereocenters. The number of carbonyl (C=O) groups is 2. The molecule has 1 aromatic carbocycles. The standard InChI is InChI=1S/C21H21F2N5O2S/c22-21(23)5-1-7-27(12-21)14-2-3-18-17(8-14)16(4-6-25-18)20(30)26-10-19(29)28-13-31-11-15(28)9-24/h2-4,6,8,15H,1,5,7,10-13H2,(H,26,30). The van der Waals surface area contributed by atoms with Crippen molar-refractivity contribution in [3.05, 3.63) is 36.0 Å². The molecule has 0 radical (unpaired) electrons. The molecule has 162 valence electrons. The zero-order valence-corrected chi connectivity index (χ0v) is 17.5. The largest absolute Gasteiger partial charge is 0.365 e. The fourth-order valence-electron chi connectivity index (χ4n) is 3.86. The monoisotopic (exact) mass is 445 g/mol. The van der Waals surface area contributed by atoms with Crippen LogP contribution in [0.5, 0.6) is 0 Å². The van der Waals surface area contributed by atoms with Crippen LogP contribution in [0.4, 0.5) is 14.5 Å². The Kier molecular flexibility index (Phi) is 5.96. The molecule has 4 rings (SSSR count). The Labute approximate surface area is 182 Å². The number of anilines is 1. The summed E-state index contributed by atoms with van der Waals surface area (Å²) in [6.45, 7) is -0.0621. The number of nitrogens with one attached hydrogen (secondary N) is 1. The quantitative estimate of drug-likeness (QED) is 0.778. The molecule has 1 aromatic heterocycles. The van der Waals surface area contributed by atoms with Gasteiger partial charge in [-0.1, -0.05) is 0 Å². The number of halogens is 2. The predicted molar refractivity (Wildman–Crippen MR) is 114 cm³/mol. The van der Waals surface area contributed by atoms with Crippen LogP contribution in [0.1, 0.15) is 23.2 Å². The third-order valence-corrected chi connectivity index (χ3v) is 6.49. The first-order chi connectivity index (χ1) is 14.9. The molecule has 10 heteroatoms. The minimum Gasteiger partial charge on any atom is -0.365 e. The Morgan fingerprint density at radius 3 is 2.97 bits per heavy atom. The molecule has 0 saturated carbocycles. The van der Waals surface area contributed by atoms with Crippen molar-refractivity contribution in [2.45, 2.75) is 24.8 Å². The molecule has 2 saturated heterocycles. The van der Waals surface area contributed by atoms with Crippen LogP contribution in [-0.4, -0.2) is 64.9 Å². The number of hydrogen-bond donors (Lipinski definition) is 1. The van der Waals surface area contributed by atoms with E-state index in [-0.39, 0.29) is 25.4 Å². The molecule has 7 nitrogen and oxygen atoms in total. The summed E-state index contributed by atoms with van der Waals surface area (Å²) in [6, 6.07) is 8.28. The average molecular weight is 445 g/mol. The van der Waals surface area contributed by atoms with Crippen LogP contribution >= 0.6 is 11.8 Å². The fourth-order valence-corrected chi connectivity index (χ4v) is 4.97. The van der Waals surface area contributed by atoms with Crippen molar-refractivity contribution in [2.75, 3.05) is 36.2 Å². The van der Waals surface area contributed by atoms with E-state index in [0.717, 1.165) is 0 Å². The van der Waals surface area contributed by atoms with Crippen LogP contribution in [0, 0.1) is 11.3 Å². The van der Waals surface area contributed by atoms with Crippen LogP contribution in [0.25, 0.3) is 10.9 Å². The summed E-state index contributed by atoms with van der Waals surface area (Å²) in [6.07, 6.45) is 1.77. The second-order valence-corrected chi connectivity index (χ2v) is 8.63. The number of nitrogens with zero attached hydrogens (tertiary/aromatic N) is 4. The minimum absolute atomic E-state index is 0.123. The predicted octanol–water partition coefficient (Wildman–Crippen LogP) is 2.63. The number of fused-ring (bicyclic) bond motifs is 1. The number of piperidine rings is 1. The van der Waals surface area contributed by atoms with Gasteiger partial charge in [-0.15, -0.1) is 11.8 Å². The molecule has 2 aliphatic rings. The highest BCUT2D eigenvalue weighted by atomic mass is 32.2. The van der Waals surface area contributed by atoms with Crippen LogP contribution in [-0.2, 0) is 4.79 Å². The molecule has 2 fully saturated rings. The van der Waals surface area contributed by atoms with Crippen LogP contribution in [0.15, 0.2) is 30.5 Å². The van der Waals surface area contributed by atoms with Gasteiger partial charge in [-0.2, -0.15) is 5.26 Å². The second kappa shape index (κ2) is 8.67. The maximum Gasteiger partial charge on any atom is 0.265 e. The number of pyridine rings is 1. The Balaban J connectivity index is 1.52. The fraction of sp³-hybridized carbons (Fsp3) is 0.429. The van der Waals surface area contributed by atoms with Gasteiger partial charge in [-0.3, -0.25) is 14.6 Å². The first-order valence-corrected chi connectivity index (χ1v) is 11.1. The number of benzene rings is 1. The van der Waals surface area contributed by atoms with Gasteiger partial charge < -0.3 is 15.1 Å². The molecule has 1 unspecified atom stereocenters. The molecular formula is C21H21F2N5O2S. The van der Waals surface area contributed by atoms with Gasteiger partial charge in [0.15, 0.2) is 0 Å². The lowest BCUT2D eigenvalue weighted by Crippen LogP contribution is -2.42. The van der Waals surface area contributed by atoms with Gasteiger partial charge in [-0.25, -0.2) is 8.78 Å². The van der Waals surface area contributed by atoms with Crippen molar-refractivity contribution in [2.24, 2.45) is 0 Å². The highest BCUT2D eigenvalue weighted by Gasteiger charge is 2.35. The third-order valence-electron chi connectivity index (χ3n) is 5.48. The zero-order chi connectivity index (χ0) is 22.0. The smallest absolute Gasteiger partial charge is 0.265 e. The molecule has 1 N–H and O–H groups in total. The number of thioether (sulfide) groups is 1. The molecule has 2 amide bonds. The highest BCUT2D eigenvalue weighted by molar-refractivity contribution is 7.99. The summed E-state index contributed by atoms with van der Waals surface area (Å²) in [7, 11) is 0. The summed E-state index contributed by atoms with van der Waals surface area (Å²) in [5, 5.41) is 12.3. The van der Waals surface area contributed by atoms with Gasteiger partial charge in [-0.05, 0) is 30.7 Å². The summed E-state index contributed by atoms with van der Waals surface area (Å²) >= 11 is 1.49. The molecule has 0 aliphatic carbocycles. The number of amides is 2. The van der Waals surface area contributed by atoms with Crippen LogP contribution in [0.3, 0.4) is 0 Å². The highest BCUT2D eigenvalue weighted by Crippen LogP contribution is 2.32. The molecular weight excluding hydrogens is 424 g/mol. The number of nitriles is 1. The van der Waals surface area contributed by atoms with Crippen molar-refractivity contribution in [3.8, 4) is 6.07 Å².